The zero-order valence-electron chi connectivity index (χ0n) is 65.6. The summed E-state index contributed by atoms with van der Waals surface area (Å²) in [6.07, 6.45) is 0. The lowest BCUT2D eigenvalue weighted by Gasteiger charge is -2.09. The van der Waals surface area contributed by atoms with Crippen LogP contribution in [0.1, 0.15) is 38.9 Å². The van der Waals surface area contributed by atoms with Crippen LogP contribution in [0.5, 0.6) is 0 Å². The lowest BCUT2D eigenvalue weighted by atomic mass is 9.95. The molecule has 0 radical (unpaired) electrons. The molecule has 546 valence electrons. The number of rotatable bonds is 6. The first kappa shape index (κ1) is 76.0. The highest BCUT2D eigenvalue weighted by Crippen LogP contribution is 2.36. The van der Waals surface area contributed by atoms with E-state index in [0.29, 0.717) is 0 Å². The van der Waals surface area contributed by atoms with E-state index in [0.717, 1.165) is 0 Å². The molecule has 0 aliphatic carbocycles. The Morgan fingerprint density at radius 2 is 0.425 bits per heavy atom. The van der Waals surface area contributed by atoms with E-state index in [1.165, 1.54) is 181 Å². The molecule has 0 aliphatic rings. The molecule has 0 spiro atoms. The van der Waals surface area contributed by atoms with Crippen LogP contribution in [0.2, 0.25) is 0 Å². The molecule has 0 heteroatoms. The topological polar surface area (TPSA) is 0 Å². The summed E-state index contributed by atoms with van der Waals surface area (Å²) < 4.78 is 0. The zero-order chi connectivity index (χ0) is 77.7. The molecule has 0 bridgehead atoms. The maximum atomic E-state index is 2.26. The first-order valence-corrected chi connectivity index (χ1v) is 39.2. The van der Waals surface area contributed by atoms with Crippen LogP contribution in [0.4, 0.5) is 0 Å². The second kappa shape index (κ2) is 37.1. The number of fused-ring (bicyclic) bond motifs is 7. The monoisotopic (exact) mass is 1450 g/mol. The van der Waals surface area contributed by atoms with E-state index in [-0.39, 0.29) is 0 Å². The van der Waals surface area contributed by atoms with E-state index in [2.05, 4.69) is 491 Å². The van der Waals surface area contributed by atoms with Crippen LogP contribution in [0.25, 0.3) is 142 Å². The normalized spacial score (nSPS) is 10.6. The molecular formula is C113H94. The molecular weight excluding hydrogens is 1360 g/mol. The molecule has 0 unspecified atom stereocenters. The lowest BCUT2D eigenvalue weighted by molar-refractivity contribution is 1.47. The molecule has 0 nitrogen and oxygen atoms in total. The zero-order valence-corrected chi connectivity index (χ0v) is 65.6. The molecule has 0 saturated carbocycles. The van der Waals surface area contributed by atoms with Crippen LogP contribution >= 0.6 is 0 Å². The summed E-state index contributed by atoms with van der Waals surface area (Å²) >= 11 is 0. The molecule has 20 rings (SSSR count). The van der Waals surface area contributed by atoms with Crippen LogP contribution in [0.3, 0.4) is 0 Å². The van der Waals surface area contributed by atoms with Gasteiger partial charge in [0.25, 0.3) is 0 Å². The second-order valence-electron chi connectivity index (χ2n) is 29.1. The highest BCUT2D eigenvalue weighted by atomic mass is 14.1. The highest BCUT2D eigenvalue weighted by molar-refractivity contribution is 6.02. The standard InChI is InChI=1S/6C17H14.C11H10/c1-13-7-2-4-10-15(13)17-12-6-9-14-8-3-5-11-16(14)17;1-13-6-4-9-15(12-13)17-11-5-8-14-7-2-3-10-16(14)17;1-13-9-11-15(12-10-13)17-8-4-6-14-5-2-3-7-16(14)17;1-13-7-5-12-17-15(13)10-6-11-16(17)14-8-3-2-4-9-14;1-13-11-15-9-5-6-10-16(15)17(12-13)14-7-3-2-4-8-14;1-13-11-12-16(14-7-3-2-4-8-14)17-10-6-5-9-15(13)17;1-9-6-7-10-4-2-3-5-11(10)8-9/h6*2-12H,1H3;2-8H,1H3. The van der Waals surface area contributed by atoms with Crippen molar-refractivity contribution in [1.82, 2.24) is 0 Å². The largest absolute Gasteiger partial charge is 0.0622 e. The van der Waals surface area contributed by atoms with Gasteiger partial charge in [-0.15, -0.1) is 0 Å². The molecule has 0 fully saturated rings. The van der Waals surface area contributed by atoms with Gasteiger partial charge in [-0.1, -0.05) is 460 Å². The van der Waals surface area contributed by atoms with Crippen molar-refractivity contribution < 1.29 is 0 Å². The summed E-state index contributed by atoms with van der Waals surface area (Å²) in [4.78, 5) is 0. The molecule has 113 heavy (non-hydrogen) atoms. The van der Waals surface area contributed by atoms with Crippen molar-refractivity contribution in [2.75, 3.05) is 0 Å². The minimum atomic E-state index is 1.28. The first-order valence-electron chi connectivity index (χ1n) is 39.2. The smallest absolute Gasteiger partial charge is 0.0103 e. The second-order valence-corrected chi connectivity index (χ2v) is 29.1. The van der Waals surface area contributed by atoms with Crippen LogP contribution < -0.4 is 0 Å². The molecule has 0 heterocycles. The Bertz CT molecular complexity index is 6460. The van der Waals surface area contributed by atoms with Crippen molar-refractivity contribution in [3.05, 3.63) is 482 Å². The Balaban J connectivity index is 0.000000110. The minimum absolute atomic E-state index is 1.28. The molecule has 0 aromatic heterocycles. The third-order valence-corrected chi connectivity index (χ3v) is 20.9. The summed E-state index contributed by atoms with van der Waals surface area (Å²) in [7, 11) is 0. The first-order chi connectivity index (χ1) is 55.5. The molecule has 0 amide bonds. The van der Waals surface area contributed by atoms with Gasteiger partial charge in [-0.25, -0.2) is 0 Å². The van der Waals surface area contributed by atoms with Gasteiger partial charge in [0.15, 0.2) is 0 Å². The van der Waals surface area contributed by atoms with Crippen molar-refractivity contribution in [2.24, 2.45) is 0 Å². The minimum Gasteiger partial charge on any atom is -0.0622 e. The van der Waals surface area contributed by atoms with Crippen LogP contribution in [-0.2, 0) is 0 Å². The van der Waals surface area contributed by atoms with Gasteiger partial charge in [0, 0.05) is 0 Å². The van der Waals surface area contributed by atoms with E-state index in [1.807, 2.05) is 0 Å². The van der Waals surface area contributed by atoms with E-state index in [9.17, 15) is 0 Å². The average Bonchev–Trinajstić information content (AvgIpc) is 0.803. The predicted molar refractivity (Wildman–Crippen MR) is 493 cm³/mol. The van der Waals surface area contributed by atoms with Gasteiger partial charge in [-0.3, -0.25) is 0 Å². The Kier molecular flexibility index (Phi) is 24.9. The fourth-order valence-corrected chi connectivity index (χ4v) is 15.1. The summed E-state index contributed by atoms with van der Waals surface area (Å²) in [6.45, 7) is 15.0. The van der Waals surface area contributed by atoms with Gasteiger partial charge < -0.3 is 0 Å². The van der Waals surface area contributed by atoms with E-state index in [4.69, 9.17) is 0 Å². The van der Waals surface area contributed by atoms with Crippen LogP contribution in [0.15, 0.2) is 443 Å². The number of benzene rings is 20. The predicted octanol–water partition coefficient (Wildman–Crippen LogP) is 32.0. The van der Waals surface area contributed by atoms with Crippen molar-refractivity contribution in [3.63, 3.8) is 0 Å². The quantitative estimate of drug-likeness (QED) is 0.156. The van der Waals surface area contributed by atoms with Crippen molar-refractivity contribution in [1.29, 1.82) is 0 Å². The highest BCUT2D eigenvalue weighted by Gasteiger charge is 2.11. The third kappa shape index (κ3) is 18.9. The van der Waals surface area contributed by atoms with Gasteiger partial charge in [-0.2, -0.15) is 0 Å². The van der Waals surface area contributed by atoms with Crippen molar-refractivity contribution >= 4 is 75.4 Å². The fraction of sp³-hybridized carbons (Fsp3) is 0.0619. The Morgan fingerprint density at radius 1 is 0.115 bits per heavy atom. The Labute approximate surface area is 667 Å². The lowest BCUT2D eigenvalue weighted by Crippen LogP contribution is -1.84. The van der Waals surface area contributed by atoms with Crippen molar-refractivity contribution in [2.45, 2.75) is 48.5 Å². The average molecular weight is 1450 g/mol. The fourth-order valence-electron chi connectivity index (χ4n) is 15.1. The summed E-state index contributed by atoms with van der Waals surface area (Å²) in [6, 6.07) is 157. The summed E-state index contributed by atoms with van der Waals surface area (Å²) in [5.41, 5.74) is 24.9. The molecule has 0 atom stereocenters. The van der Waals surface area contributed by atoms with E-state index in [1.54, 1.807) is 0 Å². The summed E-state index contributed by atoms with van der Waals surface area (Å²) in [5, 5.41) is 18.5. The number of hydrogen-bond donors (Lipinski definition) is 0. The Morgan fingerprint density at radius 3 is 0.982 bits per heavy atom. The van der Waals surface area contributed by atoms with E-state index >= 15 is 0 Å². The molecule has 20 aromatic rings. The summed E-state index contributed by atoms with van der Waals surface area (Å²) in [5.74, 6) is 0. The SMILES string of the molecule is Cc1cc(-c2ccccc2)c2ccccc2c1.Cc1ccc(-c2cccc3ccccc23)cc1.Cc1ccc(-c2ccccc2)c2ccccc12.Cc1ccc2ccccc2c1.Cc1cccc(-c2cccc3ccccc23)c1.Cc1cccc2c(-c3ccccc3)cccc12.Cc1ccccc1-c1cccc2ccccc12. The van der Waals surface area contributed by atoms with Crippen LogP contribution in [0, 0.1) is 48.5 Å². The van der Waals surface area contributed by atoms with Gasteiger partial charge >= 0.3 is 0 Å². The third-order valence-electron chi connectivity index (χ3n) is 20.9. The molecule has 20 aromatic carbocycles. The van der Waals surface area contributed by atoms with Gasteiger partial charge in [-0.05, 0) is 213 Å². The maximum absolute atomic E-state index is 2.26. The van der Waals surface area contributed by atoms with E-state index < -0.39 is 0 Å². The molecule has 0 saturated heterocycles. The van der Waals surface area contributed by atoms with Gasteiger partial charge in [0.05, 0.1) is 0 Å². The maximum Gasteiger partial charge on any atom is -0.0103 e. The van der Waals surface area contributed by atoms with Gasteiger partial charge in [0.2, 0.25) is 0 Å². The van der Waals surface area contributed by atoms with Crippen LogP contribution in [-0.4, -0.2) is 0 Å². The van der Waals surface area contributed by atoms with Crippen molar-refractivity contribution in [3.8, 4) is 66.8 Å². The molecule has 0 N–H and O–H groups in total. The molecule has 0 aliphatic heterocycles. The number of hydrogen-bond acceptors (Lipinski definition) is 0. The number of aryl methyl sites for hydroxylation is 7. The Hall–Kier alpha value is -13.8. The van der Waals surface area contributed by atoms with Gasteiger partial charge in [0.1, 0.15) is 0 Å².